The van der Waals surface area contributed by atoms with E-state index in [2.05, 4.69) is 16.5 Å². The van der Waals surface area contributed by atoms with Gasteiger partial charge >= 0.3 is 5.69 Å². The average Bonchev–Trinajstić information content (AvgIpc) is 2.99. The van der Waals surface area contributed by atoms with Crippen LogP contribution in [-0.4, -0.2) is 65.7 Å². The molecule has 0 N–H and O–H groups in total. The molecule has 3 heterocycles. The molecule has 1 aliphatic rings. The van der Waals surface area contributed by atoms with Gasteiger partial charge in [0.15, 0.2) is 15.5 Å². The first-order valence-corrected chi connectivity index (χ1v) is 16.4. The minimum Gasteiger partial charge on any atom is -0.350 e. The maximum absolute atomic E-state index is 16.1. The first-order chi connectivity index (χ1) is 21.3. The van der Waals surface area contributed by atoms with E-state index in [0.717, 1.165) is 10.8 Å². The van der Waals surface area contributed by atoms with E-state index in [1.807, 2.05) is 31.7 Å². The number of aromatic nitrogens is 3. The lowest BCUT2D eigenvalue weighted by Gasteiger charge is -2.40. The average molecular weight is 649 g/mol. The smallest absolute Gasteiger partial charge is 0.350 e. The van der Waals surface area contributed by atoms with Crippen LogP contribution < -0.4 is 10.6 Å². The van der Waals surface area contributed by atoms with Crippen LogP contribution in [-0.2, 0) is 14.6 Å². The van der Waals surface area contributed by atoms with Crippen LogP contribution in [0.5, 0.6) is 0 Å². The van der Waals surface area contributed by atoms with Gasteiger partial charge in [-0.3, -0.25) is 4.79 Å². The minimum absolute atomic E-state index is 0.0309. The Bertz CT molecular complexity index is 2090. The zero-order valence-electron chi connectivity index (χ0n) is 25.1. The second-order valence-corrected chi connectivity index (χ2v) is 13.6. The molecule has 45 heavy (non-hydrogen) atoms. The van der Waals surface area contributed by atoms with Gasteiger partial charge in [0.1, 0.15) is 17.3 Å². The number of amides is 1. The Kier molecular flexibility index (Phi) is 8.53. The third-order valence-electron chi connectivity index (χ3n) is 7.82. The van der Waals surface area contributed by atoms with Crippen LogP contribution in [0.4, 0.5) is 10.2 Å². The number of sulfone groups is 1. The van der Waals surface area contributed by atoms with E-state index in [0.29, 0.717) is 18.7 Å². The van der Waals surface area contributed by atoms with Crippen molar-refractivity contribution in [3.05, 3.63) is 87.6 Å². The summed E-state index contributed by atoms with van der Waals surface area (Å²) in [7, 11) is -3.86. The van der Waals surface area contributed by atoms with Gasteiger partial charge in [-0.05, 0) is 54.8 Å². The standard InChI is InChI=1S/C32H30ClFN6O4S/c1-6-27(41)38-12-13-39(19(4)17-38)30-23-15-25(34)28(22-11-10-20(16-35)14-24(22)33)36-31(23)40(32(42)37-30)29-21(18(2)3)8-7-9-26(29)45(5,43)44/h6-11,14-15,18-19H,1,12-13,17H2,2-5H3/t19-/m0/s1. The van der Waals surface area contributed by atoms with Crippen molar-refractivity contribution < 1.29 is 17.6 Å². The van der Waals surface area contributed by atoms with E-state index >= 15 is 4.39 Å². The lowest BCUT2D eigenvalue weighted by molar-refractivity contribution is -0.126. The topological polar surface area (TPSA) is 129 Å². The van der Waals surface area contributed by atoms with Crippen molar-refractivity contribution in [2.45, 2.75) is 37.6 Å². The number of fused-ring (bicyclic) bond motifs is 1. The zero-order valence-corrected chi connectivity index (χ0v) is 26.7. The molecule has 0 radical (unpaired) electrons. The number of nitrogens with zero attached hydrogens (tertiary/aromatic N) is 6. The molecule has 0 saturated carbocycles. The summed E-state index contributed by atoms with van der Waals surface area (Å²) in [6.45, 7) is 10.0. The SMILES string of the molecule is C=CC(=O)N1CCN(c2nc(=O)n(-c3c(C(C)C)cccc3S(C)(=O)=O)c3nc(-c4ccc(C#N)cc4Cl)c(F)cc23)[C@@H](C)C1. The highest BCUT2D eigenvalue weighted by molar-refractivity contribution is 7.90. The number of anilines is 1. The van der Waals surface area contributed by atoms with Gasteiger partial charge in [0.25, 0.3) is 0 Å². The Morgan fingerprint density at radius 2 is 1.93 bits per heavy atom. The first-order valence-electron chi connectivity index (χ1n) is 14.1. The summed E-state index contributed by atoms with van der Waals surface area (Å²) in [5.41, 5.74) is 0.0248. The van der Waals surface area contributed by atoms with Gasteiger partial charge in [0.05, 0.1) is 32.6 Å². The fourth-order valence-corrected chi connectivity index (χ4v) is 6.79. The number of hydrogen-bond acceptors (Lipinski definition) is 8. The second kappa shape index (κ2) is 12.1. The summed E-state index contributed by atoms with van der Waals surface area (Å²) in [5.74, 6) is -1.07. The summed E-state index contributed by atoms with van der Waals surface area (Å²) < 4.78 is 43.3. The van der Waals surface area contributed by atoms with E-state index < -0.39 is 21.3 Å². The largest absolute Gasteiger partial charge is 0.355 e. The number of nitriles is 1. The van der Waals surface area contributed by atoms with Crippen molar-refractivity contribution >= 4 is 44.2 Å². The number of carbonyl (C=O) groups is 1. The number of pyridine rings is 1. The molecule has 1 fully saturated rings. The summed E-state index contributed by atoms with van der Waals surface area (Å²) in [4.78, 5) is 38.8. The molecular formula is C32H30ClFN6O4S. The third kappa shape index (κ3) is 5.81. The number of hydrogen-bond donors (Lipinski definition) is 0. The van der Waals surface area contributed by atoms with E-state index in [1.165, 1.54) is 36.4 Å². The number of halogens is 2. The van der Waals surface area contributed by atoms with Gasteiger partial charge in [-0.1, -0.05) is 44.2 Å². The van der Waals surface area contributed by atoms with Crippen molar-refractivity contribution in [2.75, 3.05) is 30.8 Å². The summed E-state index contributed by atoms with van der Waals surface area (Å²) in [6.07, 6.45) is 2.28. The molecular weight excluding hydrogens is 619 g/mol. The Morgan fingerprint density at radius 1 is 1.20 bits per heavy atom. The molecule has 2 aromatic heterocycles. The van der Waals surface area contributed by atoms with Crippen molar-refractivity contribution in [1.82, 2.24) is 19.4 Å². The van der Waals surface area contributed by atoms with Crippen molar-refractivity contribution in [1.29, 1.82) is 5.26 Å². The monoisotopic (exact) mass is 648 g/mol. The van der Waals surface area contributed by atoms with Crippen LogP contribution in [0.1, 0.15) is 37.8 Å². The van der Waals surface area contributed by atoms with Gasteiger partial charge in [-0.2, -0.15) is 10.2 Å². The quantitative estimate of drug-likeness (QED) is 0.271. The molecule has 1 amide bonds. The second-order valence-electron chi connectivity index (χ2n) is 11.2. The molecule has 2 aromatic carbocycles. The predicted molar refractivity (Wildman–Crippen MR) is 171 cm³/mol. The molecule has 5 rings (SSSR count). The molecule has 13 heteroatoms. The van der Waals surface area contributed by atoms with Crippen LogP contribution in [0.2, 0.25) is 5.02 Å². The molecule has 10 nitrogen and oxygen atoms in total. The number of benzene rings is 2. The van der Waals surface area contributed by atoms with Gasteiger partial charge in [0, 0.05) is 37.5 Å². The van der Waals surface area contributed by atoms with Gasteiger partial charge in [-0.25, -0.2) is 27.2 Å². The molecule has 0 spiro atoms. The number of rotatable bonds is 6. The van der Waals surface area contributed by atoms with Crippen LogP contribution >= 0.6 is 11.6 Å². The summed E-state index contributed by atoms with van der Waals surface area (Å²) in [6, 6.07) is 11.9. The molecule has 0 unspecified atom stereocenters. The normalized spacial score (nSPS) is 15.4. The Morgan fingerprint density at radius 3 is 2.53 bits per heavy atom. The highest BCUT2D eigenvalue weighted by Crippen LogP contribution is 2.36. The molecule has 1 saturated heterocycles. The maximum atomic E-state index is 16.1. The molecule has 1 atom stereocenters. The van der Waals surface area contributed by atoms with Crippen LogP contribution in [0.25, 0.3) is 28.0 Å². The molecule has 232 valence electrons. The lowest BCUT2D eigenvalue weighted by atomic mass is 10.0. The highest BCUT2D eigenvalue weighted by atomic mass is 35.5. The fourth-order valence-electron chi connectivity index (χ4n) is 5.64. The predicted octanol–water partition coefficient (Wildman–Crippen LogP) is 4.86. The molecule has 4 aromatic rings. The Balaban J connectivity index is 1.88. The first kappa shape index (κ1) is 31.8. The van der Waals surface area contributed by atoms with Crippen LogP contribution in [0.3, 0.4) is 0 Å². The number of para-hydroxylation sites is 1. The summed E-state index contributed by atoms with van der Waals surface area (Å²) in [5, 5.41) is 9.52. The maximum Gasteiger partial charge on any atom is 0.355 e. The van der Waals surface area contributed by atoms with E-state index in [4.69, 9.17) is 11.6 Å². The van der Waals surface area contributed by atoms with Crippen LogP contribution in [0.15, 0.2) is 64.8 Å². The van der Waals surface area contributed by atoms with Gasteiger partial charge in [-0.15, -0.1) is 0 Å². The van der Waals surface area contributed by atoms with E-state index in [9.17, 15) is 23.3 Å². The lowest BCUT2D eigenvalue weighted by Crippen LogP contribution is -2.54. The summed E-state index contributed by atoms with van der Waals surface area (Å²) >= 11 is 6.46. The van der Waals surface area contributed by atoms with E-state index in [-0.39, 0.29) is 73.7 Å². The highest BCUT2D eigenvalue weighted by Gasteiger charge is 2.31. The number of carbonyl (C=O) groups excluding carboxylic acids is 1. The van der Waals surface area contributed by atoms with Crippen molar-refractivity contribution in [3.8, 4) is 23.0 Å². The zero-order chi connectivity index (χ0) is 32.8. The van der Waals surface area contributed by atoms with Crippen LogP contribution in [0, 0.1) is 17.1 Å². The Hall–Kier alpha value is -4.60. The third-order valence-corrected chi connectivity index (χ3v) is 9.26. The minimum atomic E-state index is -3.86. The van der Waals surface area contributed by atoms with Gasteiger partial charge in [0.2, 0.25) is 5.91 Å². The van der Waals surface area contributed by atoms with Crippen molar-refractivity contribution in [3.63, 3.8) is 0 Å². The molecule has 0 bridgehead atoms. The fraction of sp³-hybridized carbons (Fsp3) is 0.281. The molecule has 0 aliphatic carbocycles. The molecule has 1 aliphatic heterocycles. The van der Waals surface area contributed by atoms with E-state index in [1.54, 1.807) is 17.0 Å². The van der Waals surface area contributed by atoms with Gasteiger partial charge < -0.3 is 9.80 Å². The van der Waals surface area contributed by atoms with Crippen molar-refractivity contribution in [2.24, 2.45) is 0 Å². The number of piperazine rings is 1. The Labute approximate surface area is 264 Å².